The maximum atomic E-state index is 12.9. The Balaban J connectivity index is 2.79. The number of carboxylic acid groups (broad SMARTS) is 1. The summed E-state index contributed by atoms with van der Waals surface area (Å²) >= 11 is 0. The largest absolute Gasteiger partial charge is 0.480 e. The van der Waals surface area contributed by atoms with E-state index in [0.717, 1.165) is 0 Å². The Labute approximate surface area is 98.3 Å². The van der Waals surface area contributed by atoms with Crippen LogP contribution in [0.2, 0.25) is 0 Å². The van der Waals surface area contributed by atoms with E-state index in [2.05, 4.69) is 4.72 Å². The van der Waals surface area contributed by atoms with E-state index < -0.39 is 33.6 Å². The molecule has 0 amide bonds. The second-order valence-corrected chi connectivity index (χ2v) is 5.30. The van der Waals surface area contributed by atoms with Crippen molar-refractivity contribution in [1.82, 2.24) is 4.72 Å². The van der Waals surface area contributed by atoms with Crippen LogP contribution >= 0.6 is 0 Å². The number of nitrogens with one attached hydrogen (secondary N) is 1. The Hall–Kier alpha value is -1.47. The SMILES string of the molecule is C[C@@H](NS(=O)(=O)CC(=O)O)c1cccc(F)c1. The molecule has 0 heterocycles. The Morgan fingerprint density at radius 2 is 2.18 bits per heavy atom. The Bertz CT molecular complexity index is 515. The van der Waals surface area contributed by atoms with Crippen molar-refractivity contribution in [3.8, 4) is 0 Å². The van der Waals surface area contributed by atoms with Gasteiger partial charge in [-0.25, -0.2) is 17.5 Å². The van der Waals surface area contributed by atoms with Gasteiger partial charge >= 0.3 is 5.97 Å². The Morgan fingerprint density at radius 3 is 2.71 bits per heavy atom. The number of carboxylic acids is 1. The van der Waals surface area contributed by atoms with Crippen molar-refractivity contribution in [2.24, 2.45) is 0 Å². The summed E-state index contributed by atoms with van der Waals surface area (Å²) < 4.78 is 37.7. The van der Waals surface area contributed by atoms with E-state index in [9.17, 15) is 17.6 Å². The molecule has 2 N–H and O–H groups in total. The average molecular weight is 261 g/mol. The minimum Gasteiger partial charge on any atom is -0.480 e. The standard InChI is InChI=1S/C10H12FNO4S/c1-7(8-3-2-4-9(11)5-8)12-17(15,16)6-10(13)14/h2-5,7,12H,6H2,1H3,(H,13,14)/t7-/m1/s1. The summed E-state index contributed by atoms with van der Waals surface area (Å²) in [6.07, 6.45) is 0. The summed E-state index contributed by atoms with van der Waals surface area (Å²) in [6.45, 7) is 1.51. The van der Waals surface area contributed by atoms with Crippen LogP contribution in [0.3, 0.4) is 0 Å². The molecule has 17 heavy (non-hydrogen) atoms. The molecule has 0 aromatic heterocycles. The highest BCUT2D eigenvalue weighted by Gasteiger charge is 2.19. The number of benzene rings is 1. The van der Waals surface area contributed by atoms with Crippen molar-refractivity contribution in [2.75, 3.05) is 5.75 Å². The molecule has 0 aliphatic carbocycles. The molecule has 0 saturated heterocycles. The van der Waals surface area contributed by atoms with Gasteiger partial charge in [0, 0.05) is 6.04 Å². The van der Waals surface area contributed by atoms with Crippen molar-refractivity contribution in [2.45, 2.75) is 13.0 Å². The van der Waals surface area contributed by atoms with Gasteiger partial charge in [0.05, 0.1) is 0 Å². The molecule has 0 radical (unpaired) electrons. The van der Waals surface area contributed by atoms with E-state index >= 15 is 0 Å². The normalized spacial score (nSPS) is 13.3. The number of rotatable bonds is 5. The molecule has 0 spiro atoms. The average Bonchev–Trinajstić information content (AvgIpc) is 2.14. The van der Waals surface area contributed by atoms with Crippen molar-refractivity contribution in [1.29, 1.82) is 0 Å². The summed E-state index contributed by atoms with van der Waals surface area (Å²) in [5, 5.41) is 8.40. The van der Waals surface area contributed by atoms with E-state index in [1.54, 1.807) is 6.07 Å². The van der Waals surface area contributed by atoms with Crippen LogP contribution in [0.1, 0.15) is 18.5 Å². The molecule has 5 nitrogen and oxygen atoms in total. The smallest absolute Gasteiger partial charge is 0.320 e. The minimum absolute atomic E-state index is 0.430. The predicted octanol–water partition coefficient (Wildman–Crippen LogP) is 0.891. The van der Waals surface area contributed by atoms with Crippen LogP contribution in [0, 0.1) is 5.82 Å². The zero-order valence-corrected chi connectivity index (χ0v) is 9.87. The molecule has 1 atom stereocenters. The molecule has 94 valence electrons. The van der Waals surface area contributed by atoms with Crippen LogP contribution in [0.25, 0.3) is 0 Å². The molecule has 0 fully saturated rings. The predicted molar refractivity (Wildman–Crippen MR) is 59.4 cm³/mol. The first-order chi connectivity index (χ1) is 7.80. The van der Waals surface area contributed by atoms with E-state index in [4.69, 9.17) is 5.11 Å². The third-order valence-electron chi connectivity index (χ3n) is 2.02. The van der Waals surface area contributed by atoms with Crippen LogP contribution in [0.15, 0.2) is 24.3 Å². The molecule has 0 bridgehead atoms. The zero-order valence-electron chi connectivity index (χ0n) is 9.05. The van der Waals surface area contributed by atoms with Crippen LogP contribution in [0.4, 0.5) is 4.39 Å². The van der Waals surface area contributed by atoms with Gasteiger partial charge in [-0.15, -0.1) is 0 Å². The first-order valence-electron chi connectivity index (χ1n) is 4.77. The molecule has 0 aliphatic heterocycles. The van der Waals surface area contributed by atoms with Gasteiger partial charge in [-0.05, 0) is 24.6 Å². The number of sulfonamides is 1. The maximum Gasteiger partial charge on any atom is 0.320 e. The highest BCUT2D eigenvalue weighted by molar-refractivity contribution is 7.90. The molecule has 1 aromatic carbocycles. The summed E-state index contributed by atoms with van der Waals surface area (Å²) in [5.74, 6) is -2.93. The second kappa shape index (κ2) is 5.24. The molecule has 7 heteroatoms. The fraction of sp³-hybridized carbons (Fsp3) is 0.300. The Morgan fingerprint density at radius 1 is 1.53 bits per heavy atom. The van der Waals surface area contributed by atoms with Gasteiger partial charge in [0.15, 0.2) is 5.75 Å². The number of aliphatic carboxylic acids is 1. The monoisotopic (exact) mass is 261 g/mol. The van der Waals surface area contributed by atoms with Gasteiger partial charge in [-0.2, -0.15) is 0 Å². The fourth-order valence-corrected chi connectivity index (χ4v) is 2.40. The van der Waals surface area contributed by atoms with Gasteiger partial charge in [-0.1, -0.05) is 12.1 Å². The lowest BCUT2D eigenvalue weighted by Crippen LogP contribution is -2.32. The lowest BCUT2D eigenvalue weighted by molar-refractivity contribution is -0.134. The van der Waals surface area contributed by atoms with Crippen LogP contribution in [0.5, 0.6) is 0 Å². The summed E-state index contributed by atoms with van der Waals surface area (Å²) in [5.41, 5.74) is 0.430. The van der Waals surface area contributed by atoms with E-state index in [1.807, 2.05) is 0 Å². The third kappa shape index (κ3) is 4.49. The number of hydrogen-bond donors (Lipinski definition) is 2. The topological polar surface area (TPSA) is 83.5 Å². The van der Waals surface area contributed by atoms with Crippen LogP contribution in [-0.2, 0) is 14.8 Å². The summed E-state index contributed by atoms with van der Waals surface area (Å²) in [4.78, 5) is 10.3. The minimum atomic E-state index is -3.91. The third-order valence-corrected chi connectivity index (χ3v) is 3.36. The lowest BCUT2D eigenvalue weighted by Gasteiger charge is -2.13. The molecule has 1 rings (SSSR count). The van der Waals surface area contributed by atoms with E-state index in [-0.39, 0.29) is 0 Å². The first kappa shape index (κ1) is 13.6. The van der Waals surface area contributed by atoms with Gasteiger partial charge in [-0.3, -0.25) is 4.79 Å². The van der Waals surface area contributed by atoms with Crippen molar-refractivity contribution in [3.05, 3.63) is 35.6 Å². The fourth-order valence-electron chi connectivity index (χ4n) is 1.32. The summed E-state index contributed by atoms with van der Waals surface area (Å²) in [6, 6.07) is 4.75. The molecule has 0 saturated carbocycles. The first-order valence-corrected chi connectivity index (χ1v) is 6.42. The van der Waals surface area contributed by atoms with Gasteiger partial charge in [0.25, 0.3) is 0 Å². The van der Waals surface area contributed by atoms with E-state index in [0.29, 0.717) is 5.56 Å². The number of carbonyl (C=O) groups is 1. The molecule has 1 aromatic rings. The van der Waals surface area contributed by atoms with Gasteiger partial charge in [0.1, 0.15) is 5.82 Å². The Kier molecular flexibility index (Phi) is 4.19. The molecule has 0 aliphatic rings. The van der Waals surface area contributed by atoms with Crippen molar-refractivity contribution >= 4 is 16.0 Å². The van der Waals surface area contributed by atoms with Crippen molar-refractivity contribution < 1.29 is 22.7 Å². The quantitative estimate of drug-likeness (QED) is 0.824. The van der Waals surface area contributed by atoms with Crippen LogP contribution < -0.4 is 4.72 Å². The lowest BCUT2D eigenvalue weighted by atomic mass is 10.1. The highest BCUT2D eigenvalue weighted by Crippen LogP contribution is 2.14. The van der Waals surface area contributed by atoms with Crippen LogP contribution in [-0.4, -0.2) is 25.2 Å². The van der Waals surface area contributed by atoms with Crippen molar-refractivity contribution in [3.63, 3.8) is 0 Å². The molecular weight excluding hydrogens is 249 g/mol. The number of halogens is 1. The molecular formula is C10H12FNO4S. The molecule has 0 unspecified atom stereocenters. The highest BCUT2D eigenvalue weighted by atomic mass is 32.2. The van der Waals surface area contributed by atoms with Gasteiger partial charge in [0.2, 0.25) is 10.0 Å². The maximum absolute atomic E-state index is 12.9. The number of hydrogen-bond acceptors (Lipinski definition) is 3. The zero-order chi connectivity index (χ0) is 13.1. The van der Waals surface area contributed by atoms with Gasteiger partial charge < -0.3 is 5.11 Å². The second-order valence-electron chi connectivity index (χ2n) is 3.55. The van der Waals surface area contributed by atoms with E-state index in [1.165, 1.54) is 25.1 Å². The summed E-state index contributed by atoms with van der Waals surface area (Å²) in [7, 11) is -3.91.